The third kappa shape index (κ3) is 4.93. The van der Waals surface area contributed by atoms with Crippen LogP contribution in [0.2, 0.25) is 0 Å². The first-order valence-corrected chi connectivity index (χ1v) is 11.6. The summed E-state index contributed by atoms with van der Waals surface area (Å²) in [5.41, 5.74) is 2.58. The number of amides is 2. The SMILES string of the molecule is CC[C@@H](C(=O)Nc1cccc(C(C)=O)c1)n1c(=O)c(-c2ccccc2NC(C)=O)nc2ccccc21. The van der Waals surface area contributed by atoms with E-state index in [0.29, 0.717) is 40.0 Å². The molecule has 0 aliphatic heterocycles. The summed E-state index contributed by atoms with van der Waals surface area (Å²) in [7, 11) is 0. The van der Waals surface area contributed by atoms with Gasteiger partial charge in [0.1, 0.15) is 11.7 Å². The molecule has 1 aromatic heterocycles. The molecule has 2 N–H and O–H groups in total. The van der Waals surface area contributed by atoms with E-state index < -0.39 is 17.5 Å². The van der Waals surface area contributed by atoms with Gasteiger partial charge in [-0.3, -0.25) is 23.7 Å². The summed E-state index contributed by atoms with van der Waals surface area (Å²) in [6, 6.07) is 19.9. The molecule has 0 spiro atoms. The molecule has 0 saturated heterocycles. The van der Waals surface area contributed by atoms with Crippen molar-refractivity contribution >= 4 is 40.0 Å². The predicted octanol–water partition coefficient (Wildman–Crippen LogP) is 4.81. The van der Waals surface area contributed by atoms with Gasteiger partial charge in [0.25, 0.3) is 5.56 Å². The van der Waals surface area contributed by atoms with Gasteiger partial charge in [-0.15, -0.1) is 0 Å². The predicted molar refractivity (Wildman–Crippen MR) is 140 cm³/mol. The van der Waals surface area contributed by atoms with Gasteiger partial charge in [0, 0.05) is 23.7 Å². The van der Waals surface area contributed by atoms with E-state index in [-0.39, 0.29) is 17.4 Å². The van der Waals surface area contributed by atoms with Crippen LogP contribution in [0.5, 0.6) is 0 Å². The minimum Gasteiger partial charge on any atom is -0.326 e. The smallest absolute Gasteiger partial charge is 0.278 e. The molecule has 182 valence electrons. The van der Waals surface area contributed by atoms with E-state index >= 15 is 0 Å². The van der Waals surface area contributed by atoms with E-state index in [2.05, 4.69) is 15.6 Å². The number of nitrogens with one attached hydrogen (secondary N) is 2. The van der Waals surface area contributed by atoms with E-state index in [1.165, 1.54) is 18.4 Å². The highest BCUT2D eigenvalue weighted by molar-refractivity contribution is 5.99. The third-order valence-corrected chi connectivity index (χ3v) is 5.83. The fraction of sp³-hybridized carbons (Fsp3) is 0.179. The lowest BCUT2D eigenvalue weighted by Crippen LogP contribution is -2.34. The van der Waals surface area contributed by atoms with Crippen molar-refractivity contribution in [2.75, 3.05) is 10.6 Å². The Kier molecular flexibility index (Phi) is 7.05. The summed E-state index contributed by atoms with van der Waals surface area (Å²) in [4.78, 5) is 55.5. The number of Topliss-reactive ketones (excluding diaryl/α,β-unsaturated/α-hetero) is 1. The van der Waals surface area contributed by atoms with E-state index in [1.54, 1.807) is 66.7 Å². The number of carbonyl (C=O) groups excluding carboxylic acids is 3. The fourth-order valence-corrected chi connectivity index (χ4v) is 4.15. The van der Waals surface area contributed by atoms with Gasteiger partial charge < -0.3 is 10.6 Å². The Hall–Kier alpha value is -4.59. The fourth-order valence-electron chi connectivity index (χ4n) is 4.15. The summed E-state index contributed by atoms with van der Waals surface area (Å²) in [5.74, 6) is -0.781. The number of ketones is 1. The molecule has 36 heavy (non-hydrogen) atoms. The Morgan fingerprint density at radius 1 is 0.917 bits per heavy atom. The minimum absolute atomic E-state index is 0.114. The highest BCUT2D eigenvalue weighted by Crippen LogP contribution is 2.27. The number of aromatic nitrogens is 2. The van der Waals surface area contributed by atoms with Crippen molar-refractivity contribution in [3.05, 3.63) is 88.7 Å². The molecular formula is C28H26N4O4. The van der Waals surface area contributed by atoms with Gasteiger partial charge in [-0.1, -0.05) is 49.4 Å². The summed E-state index contributed by atoms with van der Waals surface area (Å²) in [5, 5.41) is 5.59. The van der Waals surface area contributed by atoms with E-state index in [9.17, 15) is 19.2 Å². The molecule has 2 amide bonds. The van der Waals surface area contributed by atoms with Crippen molar-refractivity contribution in [3.63, 3.8) is 0 Å². The van der Waals surface area contributed by atoms with Crippen LogP contribution in [0.1, 0.15) is 43.6 Å². The zero-order valence-electron chi connectivity index (χ0n) is 20.2. The molecule has 0 radical (unpaired) electrons. The molecule has 0 bridgehead atoms. The first-order chi connectivity index (χ1) is 17.3. The molecule has 1 heterocycles. The Balaban J connectivity index is 1.86. The molecule has 4 aromatic rings. The van der Waals surface area contributed by atoms with Gasteiger partial charge in [0.15, 0.2) is 5.78 Å². The summed E-state index contributed by atoms with van der Waals surface area (Å²) >= 11 is 0. The second-order valence-corrected chi connectivity index (χ2v) is 8.40. The zero-order valence-corrected chi connectivity index (χ0v) is 20.2. The van der Waals surface area contributed by atoms with E-state index in [0.717, 1.165) is 0 Å². The van der Waals surface area contributed by atoms with Crippen molar-refractivity contribution in [2.24, 2.45) is 0 Å². The molecule has 8 heteroatoms. The van der Waals surface area contributed by atoms with Crippen LogP contribution in [0.15, 0.2) is 77.6 Å². The summed E-state index contributed by atoms with van der Waals surface area (Å²) in [6.45, 7) is 4.67. The highest BCUT2D eigenvalue weighted by atomic mass is 16.2. The van der Waals surface area contributed by atoms with Gasteiger partial charge in [-0.2, -0.15) is 0 Å². The number of nitrogens with zero attached hydrogens (tertiary/aromatic N) is 2. The summed E-state index contributed by atoms with van der Waals surface area (Å²) in [6.07, 6.45) is 0.332. The number of benzene rings is 3. The zero-order chi connectivity index (χ0) is 25.8. The molecule has 1 atom stereocenters. The second-order valence-electron chi connectivity index (χ2n) is 8.40. The molecule has 0 fully saturated rings. The number of rotatable bonds is 7. The van der Waals surface area contributed by atoms with Crippen LogP contribution in [-0.4, -0.2) is 27.1 Å². The average Bonchev–Trinajstić information content (AvgIpc) is 2.86. The molecular weight excluding hydrogens is 456 g/mol. The van der Waals surface area contributed by atoms with Gasteiger partial charge in [-0.25, -0.2) is 4.98 Å². The van der Waals surface area contributed by atoms with Crippen LogP contribution in [-0.2, 0) is 9.59 Å². The number of fused-ring (bicyclic) bond motifs is 1. The lowest BCUT2D eigenvalue weighted by Gasteiger charge is -2.21. The maximum absolute atomic E-state index is 13.9. The lowest BCUT2D eigenvalue weighted by atomic mass is 10.1. The third-order valence-electron chi connectivity index (χ3n) is 5.83. The van der Waals surface area contributed by atoms with Gasteiger partial charge in [0.2, 0.25) is 11.8 Å². The van der Waals surface area contributed by atoms with Gasteiger partial charge in [-0.05, 0) is 43.7 Å². The van der Waals surface area contributed by atoms with Crippen LogP contribution in [0.3, 0.4) is 0 Å². The summed E-state index contributed by atoms with van der Waals surface area (Å²) < 4.78 is 1.45. The van der Waals surface area contributed by atoms with Gasteiger partial charge >= 0.3 is 0 Å². The van der Waals surface area contributed by atoms with Crippen molar-refractivity contribution in [1.29, 1.82) is 0 Å². The maximum atomic E-state index is 13.9. The van der Waals surface area contributed by atoms with Crippen LogP contribution in [0.4, 0.5) is 11.4 Å². The number of carbonyl (C=O) groups is 3. The number of para-hydroxylation sites is 3. The highest BCUT2D eigenvalue weighted by Gasteiger charge is 2.25. The standard InChI is InChI=1S/C28H26N4O4/c1-4-24(27(35)30-20-11-9-10-19(16-20)17(2)33)32-25-15-8-7-14-23(25)31-26(28(32)36)21-12-5-6-13-22(21)29-18(3)34/h5-16,24H,4H2,1-3H3,(H,29,34)(H,30,35)/t24-/m0/s1. The van der Waals surface area contributed by atoms with Crippen molar-refractivity contribution in [1.82, 2.24) is 9.55 Å². The van der Waals surface area contributed by atoms with Gasteiger partial charge in [0.05, 0.1) is 16.7 Å². The molecule has 0 unspecified atom stereocenters. The molecule has 4 rings (SSSR count). The Bertz CT molecular complexity index is 1540. The number of hydrogen-bond acceptors (Lipinski definition) is 5. The first-order valence-electron chi connectivity index (χ1n) is 11.6. The topological polar surface area (TPSA) is 110 Å². The minimum atomic E-state index is -0.849. The Labute approximate surface area is 208 Å². The number of anilines is 2. The quantitative estimate of drug-likeness (QED) is 0.367. The van der Waals surface area contributed by atoms with Crippen molar-refractivity contribution in [3.8, 4) is 11.3 Å². The van der Waals surface area contributed by atoms with Crippen LogP contribution in [0.25, 0.3) is 22.3 Å². The molecule has 8 nitrogen and oxygen atoms in total. The molecule has 0 saturated carbocycles. The molecule has 0 aliphatic carbocycles. The maximum Gasteiger partial charge on any atom is 0.278 e. The molecule has 3 aromatic carbocycles. The normalized spacial score (nSPS) is 11.6. The Morgan fingerprint density at radius 2 is 1.64 bits per heavy atom. The van der Waals surface area contributed by atoms with Crippen LogP contribution >= 0.6 is 0 Å². The molecule has 0 aliphatic rings. The van der Waals surface area contributed by atoms with E-state index in [4.69, 9.17) is 0 Å². The van der Waals surface area contributed by atoms with Crippen molar-refractivity contribution in [2.45, 2.75) is 33.2 Å². The van der Waals surface area contributed by atoms with Crippen LogP contribution < -0.4 is 16.2 Å². The van der Waals surface area contributed by atoms with E-state index in [1.807, 2.05) is 13.0 Å². The average molecular weight is 483 g/mol. The van der Waals surface area contributed by atoms with Crippen molar-refractivity contribution < 1.29 is 14.4 Å². The lowest BCUT2D eigenvalue weighted by molar-refractivity contribution is -0.119. The van der Waals surface area contributed by atoms with Crippen LogP contribution in [0, 0.1) is 0 Å². The Morgan fingerprint density at radius 3 is 2.36 bits per heavy atom. The monoisotopic (exact) mass is 482 g/mol. The second kappa shape index (κ2) is 10.4. The first kappa shape index (κ1) is 24.5. The number of hydrogen-bond donors (Lipinski definition) is 2. The largest absolute Gasteiger partial charge is 0.326 e.